The second kappa shape index (κ2) is 6.38. The lowest BCUT2D eigenvalue weighted by Gasteiger charge is -2.50. The average Bonchev–Trinajstić information content (AvgIpc) is 2.41. The molecule has 0 aliphatic heterocycles. The van der Waals surface area contributed by atoms with Crippen molar-refractivity contribution >= 4 is 0 Å². The van der Waals surface area contributed by atoms with Gasteiger partial charge in [0.1, 0.15) is 0 Å². The monoisotopic (exact) mass is 279 g/mol. The molecule has 118 valence electrons. The van der Waals surface area contributed by atoms with E-state index in [1.54, 1.807) is 0 Å². The van der Waals surface area contributed by atoms with E-state index in [0.717, 1.165) is 35.6 Å². The summed E-state index contributed by atoms with van der Waals surface area (Å²) in [6, 6.07) is 0.739. The molecule has 6 unspecified atom stereocenters. The second-order valence-corrected chi connectivity index (χ2v) is 8.71. The van der Waals surface area contributed by atoms with E-state index in [4.69, 9.17) is 0 Å². The third-order valence-electron chi connectivity index (χ3n) is 7.09. The molecule has 6 atom stereocenters. The summed E-state index contributed by atoms with van der Waals surface area (Å²) in [6.07, 6.45) is 8.61. The van der Waals surface area contributed by atoms with E-state index in [9.17, 15) is 0 Å². The van der Waals surface area contributed by atoms with Crippen LogP contribution in [0.25, 0.3) is 0 Å². The summed E-state index contributed by atoms with van der Waals surface area (Å²) >= 11 is 0. The zero-order chi connectivity index (χ0) is 14.9. The van der Waals surface area contributed by atoms with Crippen molar-refractivity contribution in [1.82, 2.24) is 5.32 Å². The van der Waals surface area contributed by atoms with Gasteiger partial charge in [-0.15, -0.1) is 0 Å². The molecule has 0 aromatic heterocycles. The third kappa shape index (κ3) is 3.24. The van der Waals surface area contributed by atoms with Gasteiger partial charge in [-0.3, -0.25) is 0 Å². The number of hydrogen-bond acceptors (Lipinski definition) is 1. The Kier molecular flexibility index (Phi) is 5.21. The molecule has 0 bridgehead atoms. The van der Waals surface area contributed by atoms with Crippen molar-refractivity contribution in [2.24, 2.45) is 35.0 Å². The van der Waals surface area contributed by atoms with Gasteiger partial charge >= 0.3 is 0 Å². The zero-order valence-electron chi connectivity index (χ0n) is 14.7. The molecule has 1 N–H and O–H groups in total. The van der Waals surface area contributed by atoms with Gasteiger partial charge in [0.15, 0.2) is 0 Å². The maximum absolute atomic E-state index is 3.65. The molecule has 0 heterocycles. The molecule has 2 saturated carbocycles. The molecule has 20 heavy (non-hydrogen) atoms. The van der Waals surface area contributed by atoms with Crippen LogP contribution >= 0.6 is 0 Å². The topological polar surface area (TPSA) is 12.0 Å². The third-order valence-corrected chi connectivity index (χ3v) is 7.09. The van der Waals surface area contributed by atoms with Gasteiger partial charge in [-0.2, -0.15) is 0 Å². The van der Waals surface area contributed by atoms with Crippen LogP contribution in [0.15, 0.2) is 0 Å². The van der Waals surface area contributed by atoms with Crippen LogP contribution in [0, 0.1) is 35.0 Å². The van der Waals surface area contributed by atoms with Crippen LogP contribution in [0.5, 0.6) is 0 Å². The summed E-state index contributed by atoms with van der Waals surface area (Å²) in [5.74, 6) is 4.57. The van der Waals surface area contributed by atoms with Crippen LogP contribution in [0.1, 0.15) is 73.1 Å². The molecule has 0 radical (unpaired) electrons. The van der Waals surface area contributed by atoms with Crippen molar-refractivity contribution in [2.75, 3.05) is 7.05 Å². The van der Waals surface area contributed by atoms with Gasteiger partial charge in [-0.05, 0) is 67.7 Å². The van der Waals surface area contributed by atoms with Gasteiger partial charge in [0.2, 0.25) is 0 Å². The quantitative estimate of drug-likeness (QED) is 0.757. The van der Waals surface area contributed by atoms with Gasteiger partial charge in [0.25, 0.3) is 0 Å². The minimum Gasteiger partial charge on any atom is -0.317 e. The fourth-order valence-corrected chi connectivity index (χ4v) is 5.12. The lowest BCUT2D eigenvalue weighted by atomic mass is 9.56. The van der Waals surface area contributed by atoms with Crippen molar-refractivity contribution in [2.45, 2.75) is 79.2 Å². The summed E-state index contributed by atoms with van der Waals surface area (Å²) < 4.78 is 0. The average molecular weight is 280 g/mol. The predicted molar refractivity (Wildman–Crippen MR) is 88.8 cm³/mol. The molecule has 2 rings (SSSR count). The molecule has 2 aliphatic carbocycles. The van der Waals surface area contributed by atoms with Gasteiger partial charge < -0.3 is 5.32 Å². The minimum absolute atomic E-state index is 0.502. The second-order valence-electron chi connectivity index (χ2n) is 8.71. The van der Waals surface area contributed by atoms with E-state index >= 15 is 0 Å². The van der Waals surface area contributed by atoms with E-state index < -0.39 is 0 Å². The molecule has 1 heteroatoms. The number of hydrogen-bond donors (Lipinski definition) is 1. The molecule has 0 aromatic carbocycles. The van der Waals surface area contributed by atoms with Crippen LogP contribution in [0.2, 0.25) is 0 Å². The molecule has 2 aliphatic rings. The maximum Gasteiger partial charge on any atom is 0.0100 e. The summed E-state index contributed by atoms with van der Waals surface area (Å²) in [4.78, 5) is 0. The first kappa shape index (κ1) is 16.3. The molecular weight excluding hydrogens is 242 g/mol. The fraction of sp³-hybridized carbons (Fsp3) is 1.00. The highest BCUT2D eigenvalue weighted by Gasteiger charge is 2.44. The van der Waals surface area contributed by atoms with Crippen molar-refractivity contribution in [3.63, 3.8) is 0 Å². The smallest absolute Gasteiger partial charge is 0.0100 e. The molecule has 2 fully saturated rings. The van der Waals surface area contributed by atoms with Crippen molar-refractivity contribution in [3.05, 3.63) is 0 Å². The standard InChI is InChI=1S/C19H37N/c1-13-7-10-17(18(11-13)20-6)19(4,5)16-9-8-14(2)15(3)12-16/h13-18,20H,7-12H2,1-6H3. The van der Waals surface area contributed by atoms with Crippen LogP contribution in [0.4, 0.5) is 0 Å². The Morgan fingerprint density at radius 3 is 2.15 bits per heavy atom. The number of nitrogens with one attached hydrogen (secondary N) is 1. The Morgan fingerprint density at radius 1 is 0.850 bits per heavy atom. The molecule has 1 nitrogen and oxygen atoms in total. The van der Waals surface area contributed by atoms with Crippen molar-refractivity contribution in [1.29, 1.82) is 0 Å². The van der Waals surface area contributed by atoms with E-state index in [0.29, 0.717) is 5.41 Å². The Hall–Kier alpha value is -0.0400. The SMILES string of the molecule is CNC1CC(C)CCC1C(C)(C)C1CCC(C)C(C)C1. The van der Waals surface area contributed by atoms with Gasteiger partial charge in [0, 0.05) is 6.04 Å². The Balaban J connectivity index is 2.08. The van der Waals surface area contributed by atoms with Crippen LogP contribution in [0.3, 0.4) is 0 Å². The highest BCUT2D eigenvalue weighted by Crippen LogP contribution is 2.50. The predicted octanol–water partition coefficient (Wildman–Crippen LogP) is 5.11. The van der Waals surface area contributed by atoms with E-state index in [1.165, 1.54) is 38.5 Å². The highest BCUT2D eigenvalue weighted by atomic mass is 14.9. The molecule has 0 aromatic rings. The van der Waals surface area contributed by atoms with Crippen molar-refractivity contribution in [3.8, 4) is 0 Å². The Labute approximate surface area is 127 Å². The normalized spacial score (nSPS) is 43.5. The van der Waals surface area contributed by atoms with E-state index in [1.807, 2.05) is 0 Å². The minimum atomic E-state index is 0.502. The Morgan fingerprint density at radius 2 is 1.55 bits per heavy atom. The first-order valence-electron chi connectivity index (χ1n) is 9.03. The van der Waals surface area contributed by atoms with E-state index in [2.05, 4.69) is 47.0 Å². The van der Waals surface area contributed by atoms with Gasteiger partial charge in [-0.25, -0.2) is 0 Å². The van der Waals surface area contributed by atoms with Crippen LogP contribution in [-0.2, 0) is 0 Å². The van der Waals surface area contributed by atoms with Gasteiger partial charge in [0.05, 0.1) is 0 Å². The molecule has 0 saturated heterocycles. The summed E-state index contributed by atoms with van der Waals surface area (Å²) in [6.45, 7) is 12.5. The first-order chi connectivity index (χ1) is 9.36. The highest BCUT2D eigenvalue weighted by molar-refractivity contribution is 4.96. The van der Waals surface area contributed by atoms with Crippen LogP contribution < -0.4 is 5.32 Å². The Bertz CT molecular complexity index is 309. The largest absolute Gasteiger partial charge is 0.317 e. The van der Waals surface area contributed by atoms with E-state index in [-0.39, 0.29) is 0 Å². The molecule has 0 amide bonds. The molecular formula is C19H37N. The number of rotatable bonds is 3. The van der Waals surface area contributed by atoms with Gasteiger partial charge in [-0.1, -0.05) is 47.5 Å². The summed E-state index contributed by atoms with van der Waals surface area (Å²) in [5.41, 5.74) is 0.502. The molecule has 0 spiro atoms. The fourth-order valence-electron chi connectivity index (χ4n) is 5.12. The van der Waals surface area contributed by atoms with Crippen molar-refractivity contribution < 1.29 is 0 Å². The lowest BCUT2D eigenvalue weighted by molar-refractivity contribution is 0.00847. The van der Waals surface area contributed by atoms with Crippen LogP contribution in [-0.4, -0.2) is 13.1 Å². The lowest BCUT2D eigenvalue weighted by Crippen LogP contribution is -2.49. The summed E-state index contributed by atoms with van der Waals surface area (Å²) in [5, 5.41) is 3.65. The summed E-state index contributed by atoms with van der Waals surface area (Å²) in [7, 11) is 2.18. The maximum atomic E-state index is 3.65. The zero-order valence-corrected chi connectivity index (χ0v) is 14.7. The first-order valence-corrected chi connectivity index (χ1v) is 9.03.